The second-order valence-electron chi connectivity index (χ2n) is 9.85. The largest absolute Gasteiger partial charge is 0.444 e. The minimum Gasteiger partial charge on any atom is -0.444 e. The number of amides is 2. The first-order chi connectivity index (χ1) is 15.0. The van der Waals surface area contributed by atoms with Crippen LogP contribution in [0.4, 0.5) is 4.79 Å². The number of nitrogens with zero attached hydrogens (tertiary/aromatic N) is 3. The molecule has 1 aliphatic rings. The van der Waals surface area contributed by atoms with Crippen LogP contribution in [0.1, 0.15) is 67.8 Å². The van der Waals surface area contributed by atoms with Crippen molar-refractivity contribution in [3.05, 3.63) is 52.8 Å². The van der Waals surface area contributed by atoms with Crippen LogP contribution in [0.15, 0.2) is 30.3 Å². The fourth-order valence-electron chi connectivity index (χ4n) is 4.24. The zero-order valence-corrected chi connectivity index (χ0v) is 20.1. The molecule has 2 amide bonds. The van der Waals surface area contributed by atoms with Crippen molar-refractivity contribution in [2.45, 2.75) is 72.6 Å². The summed E-state index contributed by atoms with van der Waals surface area (Å²) in [5, 5.41) is 7.36. The highest BCUT2D eigenvalue weighted by atomic mass is 16.6. The highest BCUT2D eigenvalue weighted by Gasteiger charge is 2.33. The number of likely N-dealkylation sites (tertiary alicyclic amines) is 1. The molecule has 1 aromatic heterocycles. The number of rotatable bonds is 5. The van der Waals surface area contributed by atoms with Gasteiger partial charge in [0, 0.05) is 24.3 Å². The maximum absolute atomic E-state index is 13.3. The number of alkyl carbamates (subject to hydrolysis) is 1. The minimum absolute atomic E-state index is 0.00482. The molecule has 32 heavy (non-hydrogen) atoms. The third-order valence-corrected chi connectivity index (χ3v) is 5.87. The molecule has 3 rings (SSSR count). The molecule has 0 radical (unpaired) electrons. The van der Waals surface area contributed by atoms with Crippen molar-refractivity contribution in [2.24, 2.45) is 5.92 Å². The molecular formula is C25H36N4O3. The molecule has 1 aromatic carbocycles. The molecule has 2 aromatic rings. The van der Waals surface area contributed by atoms with Gasteiger partial charge in [-0.2, -0.15) is 5.10 Å². The Morgan fingerprint density at radius 2 is 1.88 bits per heavy atom. The molecule has 0 saturated carbocycles. The van der Waals surface area contributed by atoms with E-state index in [1.165, 1.54) is 0 Å². The number of hydrogen-bond acceptors (Lipinski definition) is 4. The Kier molecular flexibility index (Phi) is 7.26. The van der Waals surface area contributed by atoms with Crippen molar-refractivity contribution in [3.8, 4) is 0 Å². The maximum Gasteiger partial charge on any atom is 0.407 e. The predicted molar refractivity (Wildman–Crippen MR) is 125 cm³/mol. The number of aryl methyl sites for hydroxylation is 2. The SMILES string of the molecule is Cc1cc(C)n(Cc2ccc(C(=O)N3CCC[C@H](C)[C@H]3CNC(=O)OC(C)(C)C)cc2)n1. The van der Waals surface area contributed by atoms with Gasteiger partial charge >= 0.3 is 6.09 Å². The molecule has 0 unspecified atom stereocenters. The summed E-state index contributed by atoms with van der Waals surface area (Å²) in [7, 11) is 0. The summed E-state index contributed by atoms with van der Waals surface area (Å²) in [5.74, 6) is 0.304. The topological polar surface area (TPSA) is 76.5 Å². The number of hydrogen-bond donors (Lipinski definition) is 1. The average molecular weight is 441 g/mol. The van der Waals surface area contributed by atoms with Crippen LogP contribution in [0.3, 0.4) is 0 Å². The summed E-state index contributed by atoms with van der Waals surface area (Å²) in [6.45, 7) is 13.4. The molecule has 2 atom stereocenters. The van der Waals surface area contributed by atoms with E-state index >= 15 is 0 Å². The summed E-state index contributed by atoms with van der Waals surface area (Å²) in [4.78, 5) is 27.3. The number of nitrogens with one attached hydrogen (secondary N) is 1. The van der Waals surface area contributed by atoms with Gasteiger partial charge in [-0.15, -0.1) is 0 Å². The summed E-state index contributed by atoms with van der Waals surface area (Å²) in [6.07, 6.45) is 1.55. The highest BCUT2D eigenvalue weighted by Crippen LogP contribution is 2.25. The molecule has 0 bridgehead atoms. The van der Waals surface area contributed by atoms with Gasteiger partial charge in [-0.3, -0.25) is 9.48 Å². The number of ether oxygens (including phenoxy) is 1. The standard InChI is InChI=1S/C25H36N4O3/c1-17-8-7-13-28(22(17)15-26-24(31)32-25(4,5)6)23(30)21-11-9-20(10-12-21)16-29-19(3)14-18(2)27-29/h9-12,14,17,22H,7-8,13,15-16H2,1-6H3,(H,26,31)/t17-,22+/m0/s1. The van der Waals surface area contributed by atoms with Gasteiger partial charge in [-0.25, -0.2) is 4.79 Å². The normalized spacial score (nSPS) is 19.0. The average Bonchev–Trinajstić information content (AvgIpc) is 3.02. The first-order valence-electron chi connectivity index (χ1n) is 11.4. The fourth-order valence-corrected chi connectivity index (χ4v) is 4.24. The van der Waals surface area contributed by atoms with Crippen molar-refractivity contribution in [2.75, 3.05) is 13.1 Å². The lowest BCUT2D eigenvalue weighted by molar-refractivity contribution is 0.0408. The van der Waals surface area contributed by atoms with E-state index in [0.29, 0.717) is 31.1 Å². The van der Waals surface area contributed by atoms with Gasteiger partial charge in [0.15, 0.2) is 0 Å². The molecule has 174 valence electrons. The summed E-state index contributed by atoms with van der Waals surface area (Å²) < 4.78 is 7.32. The number of carbonyl (C=O) groups is 2. The van der Waals surface area contributed by atoms with E-state index in [0.717, 1.165) is 29.8 Å². The van der Waals surface area contributed by atoms with Gasteiger partial charge in [0.05, 0.1) is 18.3 Å². The van der Waals surface area contributed by atoms with E-state index in [1.807, 2.05) is 68.5 Å². The van der Waals surface area contributed by atoms with Crippen molar-refractivity contribution >= 4 is 12.0 Å². The molecule has 0 aliphatic carbocycles. The van der Waals surface area contributed by atoms with E-state index in [4.69, 9.17) is 4.74 Å². The van der Waals surface area contributed by atoms with Gasteiger partial charge in [0.2, 0.25) is 0 Å². The Morgan fingerprint density at radius 1 is 1.19 bits per heavy atom. The zero-order chi connectivity index (χ0) is 23.5. The lowest BCUT2D eigenvalue weighted by Gasteiger charge is -2.40. The van der Waals surface area contributed by atoms with E-state index in [-0.39, 0.29) is 11.9 Å². The second-order valence-corrected chi connectivity index (χ2v) is 9.85. The third-order valence-electron chi connectivity index (χ3n) is 5.87. The van der Waals surface area contributed by atoms with Gasteiger partial charge in [-0.1, -0.05) is 19.1 Å². The molecule has 1 fully saturated rings. The van der Waals surface area contributed by atoms with Crippen LogP contribution in [0.5, 0.6) is 0 Å². The Hall–Kier alpha value is -2.83. The smallest absolute Gasteiger partial charge is 0.407 e. The predicted octanol–water partition coefficient (Wildman–Crippen LogP) is 4.31. The third kappa shape index (κ3) is 6.11. The quantitative estimate of drug-likeness (QED) is 0.751. The van der Waals surface area contributed by atoms with Crippen LogP contribution in [-0.4, -0.2) is 51.4 Å². The molecule has 0 spiro atoms. The van der Waals surface area contributed by atoms with Crippen molar-refractivity contribution < 1.29 is 14.3 Å². The van der Waals surface area contributed by atoms with Crippen LogP contribution in [0.25, 0.3) is 0 Å². The first-order valence-corrected chi connectivity index (χ1v) is 11.4. The highest BCUT2D eigenvalue weighted by molar-refractivity contribution is 5.94. The molecule has 7 heteroatoms. The van der Waals surface area contributed by atoms with Crippen LogP contribution in [0.2, 0.25) is 0 Å². The molecule has 1 N–H and O–H groups in total. The fraction of sp³-hybridized carbons (Fsp3) is 0.560. The van der Waals surface area contributed by atoms with E-state index in [2.05, 4.69) is 23.4 Å². The van der Waals surface area contributed by atoms with Crippen LogP contribution < -0.4 is 5.32 Å². The molecule has 1 saturated heterocycles. The summed E-state index contributed by atoms with van der Waals surface area (Å²) in [6, 6.07) is 9.76. The van der Waals surface area contributed by atoms with Crippen LogP contribution >= 0.6 is 0 Å². The van der Waals surface area contributed by atoms with Gasteiger partial charge in [0.25, 0.3) is 5.91 Å². The second kappa shape index (κ2) is 9.76. The molecule has 1 aliphatic heterocycles. The Morgan fingerprint density at radius 3 is 2.47 bits per heavy atom. The molecular weight excluding hydrogens is 404 g/mol. The monoisotopic (exact) mass is 440 g/mol. The van der Waals surface area contributed by atoms with Crippen molar-refractivity contribution in [1.29, 1.82) is 0 Å². The van der Waals surface area contributed by atoms with Crippen LogP contribution in [0, 0.1) is 19.8 Å². The van der Waals surface area contributed by atoms with Gasteiger partial charge < -0.3 is 15.0 Å². The van der Waals surface area contributed by atoms with Gasteiger partial charge in [-0.05, 0) is 77.1 Å². The maximum atomic E-state index is 13.3. The first kappa shape index (κ1) is 23.8. The van der Waals surface area contributed by atoms with E-state index < -0.39 is 11.7 Å². The van der Waals surface area contributed by atoms with E-state index in [1.54, 1.807) is 0 Å². The summed E-state index contributed by atoms with van der Waals surface area (Å²) >= 11 is 0. The number of aromatic nitrogens is 2. The van der Waals surface area contributed by atoms with Crippen molar-refractivity contribution in [3.63, 3.8) is 0 Å². The number of carbonyl (C=O) groups excluding carboxylic acids is 2. The summed E-state index contributed by atoms with van der Waals surface area (Å²) in [5.41, 5.74) is 3.33. The zero-order valence-electron chi connectivity index (χ0n) is 20.1. The lowest BCUT2D eigenvalue weighted by Crippen LogP contribution is -2.53. The lowest BCUT2D eigenvalue weighted by atomic mass is 9.90. The van der Waals surface area contributed by atoms with Crippen molar-refractivity contribution in [1.82, 2.24) is 20.0 Å². The molecule has 7 nitrogen and oxygen atoms in total. The Labute approximate surface area is 191 Å². The minimum atomic E-state index is -0.549. The Bertz CT molecular complexity index is 943. The molecule has 2 heterocycles. The van der Waals surface area contributed by atoms with Crippen LogP contribution in [-0.2, 0) is 11.3 Å². The number of benzene rings is 1. The van der Waals surface area contributed by atoms with Gasteiger partial charge in [0.1, 0.15) is 5.60 Å². The van der Waals surface area contributed by atoms with E-state index in [9.17, 15) is 9.59 Å². The Balaban J connectivity index is 1.67. The number of piperidine rings is 1.